The summed E-state index contributed by atoms with van der Waals surface area (Å²) < 4.78 is 11.8. The van der Waals surface area contributed by atoms with E-state index in [0.717, 1.165) is 18.0 Å². The maximum atomic E-state index is 5.92. The number of hydrogen-bond acceptors (Lipinski definition) is 3. The van der Waals surface area contributed by atoms with E-state index in [1.54, 1.807) is 0 Å². The van der Waals surface area contributed by atoms with Crippen molar-refractivity contribution in [1.82, 2.24) is 4.90 Å². The molecule has 0 N–H and O–H groups in total. The van der Waals surface area contributed by atoms with Crippen LogP contribution in [0.1, 0.15) is 29.9 Å². The molecule has 4 rings (SSSR count). The molecular weight excluding hydrogens is 286 g/mol. The Balaban J connectivity index is 1.42. The van der Waals surface area contributed by atoms with Crippen LogP contribution in [-0.2, 0) is 6.54 Å². The van der Waals surface area contributed by atoms with E-state index in [9.17, 15) is 0 Å². The average molecular weight is 309 g/mol. The van der Waals surface area contributed by atoms with E-state index in [1.165, 1.54) is 37.1 Å². The van der Waals surface area contributed by atoms with Crippen molar-refractivity contribution in [3.8, 4) is 11.5 Å². The van der Waals surface area contributed by atoms with E-state index in [2.05, 4.69) is 29.2 Å². The number of likely N-dealkylation sites (tertiary alicyclic amines) is 1. The van der Waals surface area contributed by atoms with Crippen molar-refractivity contribution < 1.29 is 9.47 Å². The van der Waals surface area contributed by atoms with E-state index >= 15 is 0 Å². The Bertz CT molecular complexity index is 620. The van der Waals surface area contributed by atoms with Gasteiger partial charge in [-0.25, -0.2) is 0 Å². The third-order valence-corrected chi connectivity index (χ3v) is 4.79. The second kappa shape index (κ2) is 6.63. The number of nitrogens with zero attached hydrogens (tertiary/aromatic N) is 1. The van der Waals surface area contributed by atoms with Gasteiger partial charge in [-0.3, -0.25) is 4.90 Å². The quantitative estimate of drug-likeness (QED) is 0.860. The third kappa shape index (κ3) is 3.35. The standard InChI is InChI=1S/C20H23NO2/c1-2-6-20-19(5-1)22-14-18(15-23-20)17-9-7-16(8-10-17)13-21-11-3-4-12-21/h1-2,5-10,18H,3-4,11-15H2. The Morgan fingerprint density at radius 3 is 2.04 bits per heavy atom. The Morgan fingerprint density at radius 2 is 1.43 bits per heavy atom. The minimum Gasteiger partial charge on any atom is -0.489 e. The highest BCUT2D eigenvalue weighted by atomic mass is 16.5. The second-order valence-corrected chi connectivity index (χ2v) is 6.49. The Hall–Kier alpha value is -2.00. The van der Waals surface area contributed by atoms with Crippen molar-refractivity contribution in [2.75, 3.05) is 26.3 Å². The first-order valence-corrected chi connectivity index (χ1v) is 8.54. The number of hydrogen-bond donors (Lipinski definition) is 0. The highest BCUT2D eigenvalue weighted by Crippen LogP contribution is 2.32. The van der Waals surface area contributed by atoms with Crippen LogP contribution in [0.4, 0.5) is 0 Å². The Kier molecular flexibility index (Phi) is 4.20. The first-order valence-electron chi connectivity index (χ1n) is 8.54. The first kappa shape index (κ1) is 14.6. The SMILES string of the molecule is c1ccc2c(c1)OCC(c1ccc(CN3CCCC3)cc1)CO2. The predicted octanol–water partition coefficient (Wildman–Crippen LogP) is 3.84. The fourth-order valence-corrected chi connectivity index (χ4v) is 3.40. The van der Waals surface area contributed by atoms with Gasteiger partial charge >= 0.3 is 0 Å². The Morgan fingerprint density at radius 1 is 0.826 bits per heavy atom. The lowest BCUT2D eigenvalue weighted by atomic mass is 9.99. The van der Waals surface area contributed by atoms with Crippen molar-refractivity contribution in [3.63, 3.8) is 0 Å². The molecule has 3 nitrogen and oxygen atoms in total. The van der Waals surface area contributed by atoms with E-state index < -0.39 is 0 Å². The molecule has 2 aromatic rings. The molecule has 0 bridgehead atoms. The van der Waals surface area contributed by atoms with Gasteiger partial charge in [-0.1, -0.05) is 36.4 Å². The molecule has 1 saturated heterocycles. The number of fused-ring (bicyclic) bond motifs is 1. The fraction of sp³-hybridized carbons (Fsp3) is 0.400. The molecule has 3 heteroatoms. The van der Waals surface area contributed by atoms with Crippen LogP contribution in [0.15, 0.2) is 48.5 Å². The molecular formula is C20H23NO2. The lowest BCUT2D eigenvalue weighted by Gasteiger charge is -2.17. The molecule has 2 aliphatic heterocycles. The number of rotatable bonds is 3. The van der Waals surface area contributed by atoms with Gasteiger partial charge in [-0.2, -0.15) is 0 Å². The highest BCUT2D eigenvalue weighted by Gasteiger charge is 2.20. The molecule has 0 amide bonds. The first-order chi connectivity index (χ1) is 11.4. The average Bonchev–Trinajstić information content (AvgIpc) is 3.00. The molecule has 0 atom stereocenters. The summed E-state index contributed by atoms with van der Waals surface area (Å²) in [5, 5.41) is 0. The molecule has 0 aromatic heterocycles. The molecule has 2 aliphatic rings. The summed E-state index contributed by atoms with van der Waals surface area (Å²) in [4.78, 5) is 2.53. The summed E-state index contributed by atoms with van der Waals surface area (Å²) in [7, 11) is 0. The van der Waals surface area contributed by atoms with Gasteiger partial charge in [0.25, 0.3) is 0 Å². The summed E-state index contributed by atoms with van der Waals surface area (Å²) in [6.45, 7) is 4.89. The summed E-state index contributed by atoms with van der Waals surface area (Å²) >= 11 is 0. The monoisotopic (exact) mass is 309 g/mol. The van der Waals surface area contributed by atoms with Crippen molar-refractivity contribution in [2.24, 2.45) is 0 Å². The van der Waals surface area contributed by atoms with Crippen molar-refractivity contribution in [2.45, 2.75) is 25.3 Å². The maximum absolute atomic E-state index is 5.92. The smallest absolute Gasteiger partial charge is 0.161 e. The zero-order chi connectivity index (χ0) is 15.5. The summed E-state index contributed by atoms with van der Waals surface area (Å²) in [6.07, 6.45) is 2.69. The number of benzene rings is 2. The topological polar surface area (TPSA) is 21.7 Å². The van der Waals surface area contributed by atoms with Gasteiger partial charge in [0.2, 0.25) is 0 Å². The van der Waals surface area contributed by atoms with Gasteiger partial charge in [0.15, 0.2) is 11.5 Å². The fourth-order valence-electron chi connectivity index (χ4n) is 3.40. The highest BCUT2D eigenvalue weighted by molar-refractivity contribution is 5.40. The minimum absolute atomic E-state index is 0.281. The van der Waals surface area contributed by atoms with Crippen molar-refractivity contribution in [3.05, 3.63) is 59.7 Å². The zero-order valence-corrected chi connectivity index (χ0v) is 13.4. The van der Waals surface area contributed by atoms with Crippen molar-refractivity contribution in [1.29, 1.82) is 0 Å². The maximum Gasteiger partial charge on any atom is 0.161 e. The van der Waals surface area contributed by atoms with E-state index in [4.69, 9.17) is 9.47 Å². The van der Waals surface area contributed by atoms with Crippen molar-refractivity contribution >= 4 is 0 Å². The van der Waals surface area contributed by atoms with Gasteiger partial charge in [0.05, 0.1) is 19.1 Å². The largest absolute Gasteiger partial charge is 0.489 e. The van der Waals surface area contributed by atoms with Crippen LogP contribution in [0.2, 0.25) is 0 Å². The van der Waals surface area contributed by atoms with Gasteiger partial charge in [0, 0.05) is 6.54 Å². The van der Waals surface area contributed by atoms with Crippen LogP contribution in [0.5, 0.6) is 11.5 Å². The van der Waals surface area contributed by atoms with Crippen LogP contribution < -0.4 is 9.47 Å². The summed E-state index contributed by atoms with van der Waals surface area (Å²) in [5.74, 6) is 1.98. The predicted molar refractivity (Wildman–Crippen MR) is 91.1 cm³/mol. The molecule has 0 spiro atoms. The molecule has 1 fully saturated rings. The van der Waals surface area contributed by atoms with Crippen LogP contribution >= 0.6 is 0 Å². The molecule has 23 heavy (non-hydrogen) atoms. The van der Waals surface area contributed by atoms with Gasteiger partial charge in [-0.05, 0) is 49.2 Å². The van der Waals surface area contributed by atoms with E-state index in [1.807, 2.05) is 24.3 Å². The van der Waals surface area contributed by atoms with Crippen LogP contribution in [0.25, 0.3) is 0 Å². The van der Waals surface area contributed by atoms with E-state index in [0.29, 0.717) is 13.2 Å². The zero-order valence-electron chi connectivity index (χ0n) is 13.4. The van der Waals surface area contributed by atoms with Gasteiger partial charge < -0.3 is 9.47 Å². The normalized spacial score (nSPS) is 18.8. The van der Waals surface area contributed by atoms with E-state index in [-0.39, 0.29) is 5.92 Å². The summed E-state index contributed by atoms with van der Waals surface area (Å²) in [6, 6.07) is 16.9. The molecule has 120 valence electrons. The molecule has 0 saturated carbocycles. The molecule has 2 heterocycles. The molecule has 2 aromatic carbocycles. The van der Waals surface area contributed by atoms with Crippen LogP contribution in [0, 0.1) is 0 Å². The molecule has 0 unspecified atom stereocenters. The van der Waals surface area contributed by atoms with Crippen LogP contribution in [0.3, 0.4) is 0 Å². The summed E-state index contributed by atoms with van der Waals surface area (Å²) in [5.41, 5.74) is 2.69. The lowest BCUT2D eigenvalue weighted by molar-refractivity contribution is 0.263. The van der Waals surface area contributed by atoms with Crippen LogP contribution in [-0.4, -0.2) is 31.2 Å². The molecule has 0 radical (unpaired) electrons. The number of ether oxygens (including phenoxy) is 2. The molecule has 0 aliphatic carbocycles. The minimum atomic E-state index is 0.281. The van der Waals surface area contributed by atoms with Gasteiger partial charge in [-0.15, -0.1) is 0 Å². The Labute approximate surface area is 137 Å². The second-order valence-electron chi connectivity index (χ2n) is 6.49. The van der Waals surface area contributed by atoms with Gasteiger partial charge in [0.1, 0.15) is 0 Å². The number of para-hydroxylation sites is 2. The lowest BCUT2D eigenvalue weighted by Crippen LogP contribution is -2.18. The third-order valence-electron chi connectivity index (χ3n) is 4.79.